The first kappa shape index (κ1) is 16.0. The third-order valence-corrected chi connectivity index (χ3v) is 4.02. The summed E-state index contributed by atoms with van der Waals surface area (Å²) in [5, 5.41) is 5.75. The first-order valence-electron chi connectivity index (χ1n) is 7.93. The average molecular weight is 325 g/mol. The van der Waals surface area contributed by atoms with E-state index in [1.54, 1.807) is 0 Å². The Hall–Kier alpha value is -2.89. The van der Waals surface area contributed by atoms with E-state index in [1.165, 1.54) is 18.3 Å². The van der Waals surface area contributed by atoms with Crippen LogP contribution in [0.4, 0.5) is 5.69 Å². The molecular formula is C18H19N3O3. The zero-order valence-electron chi connectivity index (χ0n) is 13.3. The number of hydrogen-bond acceptors (Lipinski definition) is 3. The highest BCUT2D eigenvalue weighted by Gasteiger charge is 2.29. The molecule has 0 saturated heterocycles. The van der Waals surface area contributed by atoms with Crippen molar-refractivity contribution in [3.8, 4) is 0 Å². The maximum atomic E-state index is 12.1. The first-order chi connectivity index (χ1) is 11.5. The molecule has 0 spiro atoms. The van der Waals surface area contributed by atoms with Crippen LogP contribution in [-0.2, 0) is 4.79 Å². The quantitative estimate of drug-likeness (QED) is 0.787. The average Bonchev–Trinajstić information content (AvgIpc) is 3.41. The summed E-state index contributed by atoms with van der Waals surface area (Å²) in [6.45, 7) is 1.88. The fourth-order valence-corrected chi connectivity index (χ4v) is 2.36. The van der Waals surface area contributed by atoms with Crippen LogP contribution in [-0.4, -0.2) is 16.8 Å². The summed E-state index contributed by atoms with van der Waals surface area (Å²) in [5.41, 5.74) is 1.84. The molecule has 124 valence electrons. The predicted octanol–water partition coefficient (Wildman–Crippen LogP) is 2.21. The van der Waals surface area contributed by atoms with Gasteiger partial charge in [-0.1, -0.05) is 12.1 Å². The molecule has 1 atom stereocenters. The Bertz CT molecular complexity index is 787. The predicted molar refractivity (Wildman–Crippen MR) is 90.7 cm³/mol. The molecule has 0 aliphatic heterocycles. The van der Waals surface area contributed by atoms with Crippen molar-refractivity contribution >= 4 is 17.5 Å². The van der Waals surface area contributed by atoms with Gasteiger partial charge in [-0.25, -0.2) is 0 Å². The van der Waals surface area contributed by atoms with E-state index in [1.807, 2.05) is 31.2 Å². The third-order valence-electron chi connectivity index (χ3n) is 4.02. The molecule has 2 amide bonds. The van der Waals surface area contributed by atoms with Crippen molar-refractivity contribution < 1.29 is 9.59 Å². The molecule has 24 heavy (non-hydrogen) atoms. The molecule has 1 aromatic carbocycles. The Morgan fingerprint density at radius 1 is 1.12 bits per heavy atom. The fraction of sp³-hybridized carbons (Fsp3) is 0.278. The minimum absolute atomic E-state index is 0.0715. The smallest absolute Gasteiger partial charge is 0.253 e. The second-order valence-electron chi connectivity index (χ2n) is 6.02. The van der Waals surface area contributed by atoms with Crippen LogP contribution in [0.15, 0.2) is 47.4 Å². The number of anilines is 1. The van der Waals surface area contributed by atoms with Crippen molar-refractivity contribution in [2.75, 3.05) is 5.32 Å². The molecule has 1 aromatic heterocycles. The molecule has 0 radical (unpaired) electrons. The molecule has 1 aliphatic rings. The van der Waals surface area contributed by atoms with Crippen LogP contribution in [0.5, 0.6) is 0 Å². The Labute approximate surface area is 139 Å². The van der Waals surface area contributed by atoms with Crippen LogP contribution in [0, 0.1) is 5.92 Å². The Balaban J connectivity index is 1.60. The zero-order chi connectivity index (χ0) is 17.1. The van der Waals surface area contributed by atoms with Crippen molar-refractivity contribution in [1.29, 1.82) is 0 Å². The molecule has 1 heterocycles. The van der Waals surface area contributed by atoms with Crippen LogP contribution in [0.1, 0.15) is 41.7 Å². The number of rotatable bonds is 5. The van der Waals surface area contributed by atoms with E-state index in [2.05, 4.69) is 15.6 Å². The summed E-state index contributed by atoms with van der Waals surface area (Å²) in [5.74, 6) is -0.0211. The van der Waals surface area contributed by atoms with Crippen molar-refractivity contribution in [3.05, 3.63) is 64.1 Å². The number of hydrogen-bond donors (Lipinski definition) is 3. The standard InChI is InChI=1S/C18H19N3O3/c1-11(20-18(24)14-6-9-16(22)19-10-14)12-4-7-15(8-5-12)21-17(23)13-2-3-13/h4-11,13H,2-3H2,1H3,(H,19,22)(H,20,24)(H,21,23)/t11-/m1/s1. The van der Waals surface area contributed by atoms with E-state index >= 15 is 0 Å². The minimum atomic E-state index is -0.259. The topological polar surface area (TPSA) is 91.1 Å². The van der Waals surface area contributed by atoms with E-state index < -0.39 is 0 Å². The molecule has 6 nitrogen and oxygen atoms in total. The SMILES string of the molecule is C[C@@H](NC(=O)c1ccc(=O)[nH]c1)c1ccc(NC(=O)C2CC2)cc1. The number of amides is 2. The van der Waals surface area contributed by atoms with Gasteiger partial charge >= 0.3 is 0 Å². The van der Waals surface area contributed by atoms with Gasteiger partial charge in [0, 0.05) is 23.9 Å². The molecule has 1 saturated carbocycles. The Morgan fingerprint density at radius 3 is 2.42 bits per heavy atom. The van der Waals surface area contributed by atoms with Gasteiger partial charge in [0.1, 0.15) is 0 Å². The normalized spacial score (nSPS) is 14.7. The van der Waals surface area contributed by atoms with Crippen molar-refractivity contribution in [1.82, 2.24) is 10.3 Å². The number of carbonyl (C=O) groups is 2. The molecule has 1 aliphatic carbocycles. The Kier molecular flexibility index (Phi) is 4.46. The van der Waals surface area contributed by atoms with E-state index in [9.17, 15) is 14.4 Å². The van der Waals surface area contributed by atoms with Gasteiger partial charge in [0.05, 0.1) is 11.6 Å². The highest BCUT2D eigenvalue weighted by molar-refractivity contribution is 5.94. The largest absolute Gasteiger partial charge is 0.345 e. The number of H-pyrrole nitrogens is 1. The molecule has 3 rings (SSSR count). The maximum absolute atomic E-state index is 12.1. The summed E-state index contributed by atoms with van der Waals surface area (Å²) in [6, 6.07) is 10.0. The van der Waals surface area contributed by atoms with Crippen molar-refractivity contribution in [2.24, 2.45) is 5.92 Å². The second-order valence-corrected chi connectivity index (χ2v) is 6.02. The van der Waals surface area contributed by atoms with Gasteiger partial charge in [0.15, 0.2) is 0 Å². The van der Waals surface area contributed by atoms with Gasteiger partial charge in [0.2, 0.25) is 11.5 Å². The van der Waals surface area contributed by atoms with Crippen molar-refractivity contribution in [2.45, 2.75) is 25.8 Å². The van der Waals surface area contributed by atoms with Gasteiger partial charge in [-0.2, -0.15) is 0 Å². The molecule has 1 fully saturated rings. The summed E-state index contributed by atoms with van der Waals surface area (Å²) in [6.07, 6.45) is 3.33. The number of pyridine rings is 1. The Morgan fingerprint density at radius 2 is 1.83 bits per heavy atom. The summed E-state index contributed by atoms with van der Waals surface area (Å²) in [4.78, 5) is 37.4. The van der Waals surface area contributed by atoms with Gasteiger partial charge in [-0.15, -0.1) is 0 Å². The highest BCUT2D eigenvalue weighted by atomic mass is 16.2. The number of aromatic nitrogens is 1. The van der Waals surface area contributed by atoms with E-state index in [-0.39, 0.29) is 29.3 Å². The summed E-state index contributed by atoms with van der Waals surface area (Å²) in [7, 11) is 0. The lowest BCUT2D eigenvalue weighted by molar-refractivity contribution is -0.117. The molecule has 0 unspecified atom stereocenters. The van der Waals surface area contributed by atoms with Gasteiger partial charge < -0.3 is 15.6 Å². The van der Waals surface area contributed by atoms with Gasteiger partial charge in [0.25, 0.3) is 5.91 Å². The zero-order valence-corrected chi connectivity index (χ0v) is 13.3. The number of nitrogens with one attached hydrogen (secondary N) is 3. The fourth-order valence-electron chi connectivity index (χ4n) is 2.36. The van der Waals surface area contributed by atoms with Crippen molar-refractivity contribution in [3.63, 3.8) is 0 Å². The number of carbonyl (C=O) groups excluding carboxylic acids is 2. The van der Waals surface area contributed by atoms with E-state index in [4.69, 9.17) is 0 Å². The number of aromatic amines is 1. The highest BCUT2D eigenvalue weighted by Crippen LogP contribution is 2.30. The lowest BCUT2D eigenvalue weighted by Crippen LogP contribution is -2.27. The lowest BCUT2D eigenvalue weighted by Gasteiger charge is -2.15. The molecule has 2 aromatic rings. The van der Waals surface area contributed by atoms with Crippen LogP contribution in [0.3, 0.4) is 0 Å². The molecular weight excluding hydrogens is 306 g/mol. The maximum Gasteiger partial charge on any atom is 0.253 e. The lowest BCUT2D eigenvalue weighted by atomic mass is 10.1. The first-order valence-corrected chi connectivity index (χ1v) is 7.93. The van der Waals surface area contributed by atoms with E-state index in [0.29, 0.717) is 5.56 Å². The molecule has 3 N–H and O–H groups in total. The number of benzene rings is 1. The van der Waals surface area contributed by atoms with Crippen LogP contribution in [0.25, 0.3) is 0 Å². The summed E-state index contributed by atoms with van der Waals surface area (Å²) < 4.78 is 0. The van der Waals surface area contributed by atoms with Crippen LogP contribution in [0.2, 0.25) is 0 Å². The third kappa shape index (κ3) is 3.90. The minimum Gasteiger partial charge on any atom is -0.345 e. The molecule has 6 heteroatoms. The molecule has 0 bridgehead atoms. The monoisotopic (exact) mass is 325 g/mol. The second kappa shape index (κ2) is 6.70. The van der Waals surface area contributed by atoms with Gasteiger partial charge in [-0.05, 0) is 43.5 Å². The van der Waals surface area contributed by atoms with E-state index in [0.717, 1.165) is 24.1 Å². The van der Waals surface area contributed by atoms with Gasteiger partial charge in [-0.3, -0.25) is 14.4 Å². The van der Waals surface area contributed by atoms with Crippen LogP contribution >= 0.6 is 0 Å². The van der Waals surface area contributed by atoms with Crippen LogP contribution < -0.4 is 16.2 Å². The summed E-state index contributed by atoms with van der Waals surface area (Å²) >= 11 is 0.